The summed E-state index contributed by atoms with van der Waals surface area (Å²) in [4.78, 5) is 0. The van der Waals surface area contributed by atoms with Crippen molar-refractivity contribution in [1.29, 1.82) is 0 Å². The predicted octanol–water partition coefficient (Wildman–Crippen LogP) is 4.94. The van der Waals surface area contributed by atoms with Crippen LogP contribution in [-0.4, -0.2) is 0 Å². The summed E-state index contributed by atoms with van der Waals surface area (Å²) in [6, 6.07) is 13.0. The second-order valence-electron chi connectivity index (χ2n) is 5.43. The number of hydrogen-bond acceptors (Lipinski definition) is 1. The quantitative estimate of drug-likeness (QED) is 0.783. The fourth-order valence-corrected chi connectivity index (χ4v) is 3.83. The third-order valence-corrected chi connectivity index (χ3v) is 5.19. The zero-order valence-electron chi connectivity index (χ0n) is 11.2. The Kier molecular flexibility index (Phi) is 4.29. The van der Waals surface area contributed by atoms with E-state index in [1.54, 1.807) is 0 Å². The second kappa shape index (κ2) is 6.00. The van der Waals surface area contributed by atoms with Crippen molar-refractivity contribution in [2.24, 2.45) is 5.73 Å². The summed E-state index contributed by atoms with van der Waals surface area (Å²) >= 11 is 7.11. The molecule has 104 valence electrons. The minimum Gasteiger partial charge on any atom is -0.324 e. The molecule has 0 saturated heterocycles. The van der Waals surface area contributed by atoms with E-state index in [9.17, 15) is 0 Å². The molecule has 0 fully saturated rings. The van der Waals surface area contributed by atoms with Gasteiger partial charge in [0.25, 0.3) is 0 Å². The number of halogens is 2. The molecule has 1 unspecified atom stereocenters. The van der Waals surface area contributed by atoms with Crippen LogP contribution in [0.25, 0.3) is 0 Å². The Morgan fingerprint density at radius 3 is 2.65 bits per heavy atom. The first kappa shape index (κ1) is 14.3. The first-order valence-electron chi connectivity index (χ1n) is 6.94. The molecule has 2 aromatic rings. The van der Waals surface area contributed by atoms with Crippen LogP contribution in [0.3, 0.4) is 0 Å². The highest BCUT2D eigenvalue weighted by Gasteiger charge is 2.14. The Morgan fingerprint density at radius 1 is 1.00 bits per heavy atom. The maximum Gasteiger partial charge on any atom is 0.0347 e. The van der Waals surface area contributed by atoms with E-state index in [0.717, 1.165) is 20.9 Å². The van der Waals surface area contributed by atoms with Crippen molar-refractivity contribution >= 4 is 31.9 Å². The van der Waals surface area contributed by atoms with Crippen LogP contribution < -0.4 is 5.73 Å². The molecule has 1 aliphatic rings. The number of rotatable bonds is 3. The van der Waals surface area contributed by atoms with Crippen LogP contribution >= 0.6 is 31.9 Å². The first-order valence-corrected chi connectivity index (χ1v) is 8.53. The van der Waals surface area contributed by atoms with Crippen molar-refractivity contribution in [2.45, 2.75) is 31.7 Å². The van der Waals surface area contributed by atoms with Crippen LogP contribution in [0.2, 0.25) is 0 Å². The largest absolute Gasteiger partial charge is 0.324 e. The highest BCUT2D eigenvalue weighted by molar-refractivity contribution is 9.11. The van der Waals surface area contributed by atoms with Crippen LogP contribution in [-0.2, 0) is 19.3 Å². The van der Waals surface area contributed by atoms with Crippen LogP contribution in [0, 0.1) is 0 Å². The summed E-state index contributed by atoms with van der Waals surface area (Å²) in [5.74, 6) is 0. The van der Waals surface area contributed by atoms with Gasteiger partial charge in [0.15, 0.2) is 0 Å². The standard InChI is InChI=1S/C17H17Br2N/c18-14-6-7-16(19)15(10-14)17(20)9-11-4-5-12-2-1-3-13(12)8-11/h4-8,10,17H,1-3,9,20H2. The van der Waals surface area contributed by atoms with Crippen molar-refractivity contribution in [1.82, 2.24) is 0 Å². The van der Waals surface area contributed by atoms with E-state index in [2.05, 4.69) is 56.1 Å². The Morgan fingerprint density at radius 2 is 1.80 bits per heavy atom. The molecule has 0 radical (unpaired) electrons. The normalized spacial score (nSPS) is 15.2. The van der Waals surface area contributed by atoms with E-state index in [1.807, 2.05) is 12.1 Å². The molecular formula is C17H17Br2N. The van der Waals surface area contributed by atoms with Gasteiger partial charge < -0.3 is 5.73 Å². The molecule has 0 spiro atoms. The molecule has 0 heterocycles. The number of hydrogen-bond donors (Lipinski definition) is 1. The van der Waals surface area contributed by atoms with E-state index >= 15 is 0 Å². The highest BCUT2D eigenvalue weighted by atomic mass is 79.9. The van der Waals surface area contributed by atoms with Gasteiger partial charge in [0.2, 0.25) is 0 Å². The number of nitrogens with two attached hydrogens (primary N) is 1. The molecule has 3 rings (SSSR count). The molecular weight excluding hydrogens is 378 g/mol. The van der Waals surface area contributed by atoms with Gasteiger partial charge in [0.05, 0.1) is 0 Å². The summed E-state index contributed by atoms with van der Waals surface area (Å²) in [5.41, 5.74) is 11.9. The minimum absolute atomic E-state index is 0.0151. The first-order chi connectivity index (χ1) is 9.63. The molecule has 0 bridgehead atoms. The molecule has 20 heavy (non-hydrogen) atoms. The van der Waals surface area contributed by atoms with Gasteiger partial charge in [-0.1, -0.05) is 50.1 Å². The topological polar surface area (TPSA) is 26.0 Å². The van der Waals surface area contributed by atoms with Gasteiger partial charge in [-0.05, 0) is 66.1 Å². The predicted molar refractivity (Wildman–Crippen MR) is 90.9 cm³/mol. The summed E-state index contributed by atoms with van der Waals surface area (Å²) in [7, 11) is 0. The van der Waals surface area contributed by atoms with Gasteiger partial charge >= 0.3 is 0 Å². The van der Waals surface area contributed by atoms with E-state index in [-0.39, 0.29) is 6.04 Å². The molecule has 1 nitrogen and oxygen atoms in total. The van der Waals surface area contributed by atoms with Gasteiger partial charge in [-0.2, -0.15) is 0 Å². The summed E-state index contributed by atoms with van der Waals surface area (Å²) in [6.07, 6.45) is 4.63. The number of aryl methyl sites for hydroxylation is 2. The lowest BCUT2D eigenvalue weighted by Crippen LogP contribution is -2.14. The maximum absolute atomic E-state index is 6.39. The Balaban J connectivity index is 1.82. The summed E-state index contributed by atoms with van der Waals surface area (Å²) in [6.45, 7) is 0. The van der Waals surface area contributed by atoms with Crippen LogP contribution in [0.5, 0.6) is 0 Å². The molecule has 3 heteroatoms. The van der Waals surface area contributed by atoms with Gasteiger partial charge in [-0.25, -0.2) is 0 Å². The molecule has 0 amide bonds. The number of fused-ring (bicyclic) bond motifs is 1. The van der Waals surface area contributed by atoms with Gasteiger partial charge in [0.1, 0.15) is 0 Å². The van der Waals surface area contributed by atoms with Gasteiger partial charge in [-0.3, -0.25) is 0 Å². The van der Waals surface area contributed by atoms with Crippen LogP contribution in [0.4, 0.5) is 0 Å². The molecule has 0 saturated carbocycles. The SMILES string of the molecule is NC(Cc1ccc2c(c1)CCC2)c1cc(Br)ccc1Br. The average molecular weight is 395 g/mol. The van der Waals surface area contributed by atoms with Crippen LogP contribution in [0.1, 0.15) is 34.7 Å². The lowest BCUT2D eigenvalue weighted by atomic mass is 9.97. The zero-order valence-corrected chi connectivity index (χ0v) is 14.4. The van der Waals surface area contributed by atoms with Crippen molar-refractivity contribution in [3.8, 4) is 0 Å². The Hall–Kier alpha value is -0.640. The molecule has 0 aliphatic heterocycles. The fraction of sp³-hybridized carbons (Fsp3) is 0.294. The van der Waals surface area contributed by atoms with E-state index in [0.29, 0.717) is 0 Å². The third kappa shape index (κ3) is 3.00. The molecule has 2 N–H and O–H groups in total. The number of benzene rings is 2. The van der Waals surface area contributed by atoms with E-state index in [1.165, 1.54) is 36.0 Å². The van der Waals surface area contributed by atoms with E-state index < -0.39 is 0 Å². The van der Waals surface area contributed by atoms with E-state index in [4.69, 9.17) is 5.73 Å². The third-order valence-electron chi connectivity index (χ3n) is 3.98. The highest BCUT2D eigenvalue weighted by Crippen LogP contribution is 2.29. The Bertz CT molecular complexity index is 637. The maximum atomic E-state index is 6.39. The van der Waals surface area contributed by atoms with Crippen molar-refractivity contribution < 1.29 is 0 Å². The van der Waals surface area contributed by atoms with Gasteiger partial charge in [-0.15, -0.1) is 0 Å². The lowest BCUT2D eigenvalue weighted by molar-refractivity contribution is 0.717. The lowest BCUT2D eigenvalue weighted by Gasteiger charge is -2.15. The second-order valence-corrected chi connectivity index (χ2v) is 7.20. The van der Waals surface area contributed by atoms with Gasteiger partial charge in [0, 0.05) is 15.0 Å². The van der Waals surface area contributed by atoms with Crippen molar-refractivity contribution in [3.63, 3.8) is 0 Å². The summed E-state index contributed by atoms with van der Waals surface area (Å²) < 4.78 is 2.15. The van der Waals surface area contributed by atoms with Crippen molar-refractivity contribution in [3.05, 3.63) is 67.6 Å². The molecule has 1 aliphatic carbocycles. The molecule has 2 aromatic carbocycles. The smallest absolute Gasteiger partial charge is 0.0347 e. The summed E-state index contributed by atoms with van der Waals surface area (Å²) in [5, 5.41) is 0. The molecule has 0 aromatic heterocycles. The monoisotopic (exact) mass is 393 g/mol. The minimum atomic E-state index is 0.0151. The average Bonchev–Trinajstić information content (AvgIpc) is 2.89. The molecule has 1 atom stereocenters. The Labute approximate surface area is 136 Å². The fourth-order valence-electron chi connectivity index (χ4n) is 2.91. The van der Waals surface area contributed by atoms with Crippen LogP contribution in [0.15, 0.2) is 45.3 Å². The zero-order chi connectivity index (χ0) is 14.1. The van der Waals surface area contributed by atoms with Crippen molar-refractivity contribution in [2.75, 3.05) is 0 Å².